The van der Waals surface area contributed by atoms with Gasteiger partial charge >= 0.3 is 0 Å². The third kappa shape index (κ3) is 2.27. The van der Waals surface area contributed by atoms with Gasteiger partial charge < -0.3 is 4.74 Å². The molecule has 1 heterocycles. The predicted molar refractivity (Wildman–Crippen MR) is 78.7 cm³/mol. The van der Waals surface area contributed by atoms with Gasteiger partial charge in [0.15, 0.2) is 0 Å². The normalized spacial score (nSPS) is 30.1. The Balaban J connectivity index is 1.92. The molecule has 3 rings (SSSR count). The summed E-state index contributed by atoms with van der Waals surface area (Å²) in [4.78, 5) is 9.20. The van der Waals surface area contributed by atoms with Gasteiger partial charge in [0.05, 0.1) is 15.9 Å². The SMILES string of the molecule is COCc1nc(C2CC3CCC2C3)nc(Cl)c1I. The molecule has 0 N–H and O–H groups in total. The van der Waals surface area contributed by atoms with Crippen LogP contribution in [0.15, 0.2) is 0 Å². The Hall–Kier alpha value is 0.0600. The molecule has 3 atom stereocenters. The Morgan fingerprint density at radius 2 is 2.17 bits per heavy atom. The van der Waals surface area contributed by atoms with E-state index in [0.29, 0.717) is 17.7 Å². The van der Waals surface area contributed by atoms with Crippen LogP contribution >= 0.6 is 34.2 Å². The summed E-state index contributed by atoms with van der Waals surface area (Å²) in [5.74, 6) is 3.14. The summed E-state index contributed by atoms with van der Waals surface area (Å²) in [6, 6.07) is 0. The number of methoxy groups -OCH3 is 1. The Kier molecular flexibility index (Phi) is 3.78. The molecule has 3 unspecified atom stereocenters. The van der Waals surface area contributed by atoms with E-state index in [4.69, 9.17) is 21.3 Å². The van der Waals surface area contributed by atoms with Crippen LogP contribution in [0.2, 0.25) is 5.15 Å². The summed E-state index contributed by atoms with van der Waals surface area (Å²) in [5, 5.41) is 0.579. The number of rotatable bonds is 3. The maximum absolute atomic E-state index is 6.22. The van der Waals surface area contributed by atoms with Crippen LogP contribution in [0, 0.1) is 15.4 Å². The van der Waals surface area contributed by atoms with Gasteiger partial charge in [-0.2, -0.15) is 0 Å². The number of nitrogens with zero attached hydrogens (tertiary/aromatic N) is 2. The topological polar surface area (TPSA) is 35.0 Å². The molecule has 2 bridgehead atoms. The van der Waals surface area contributed by atoms with Crippen LogP contribution in [0.5, 0.6) is 0 Å². The minimum absolute atomic E-state index is 0.508. The number of aromatic nitrogens is 2. The standard InChI is InChI=1S/C13H16ClIN2O/c1-18-6-10-11(15)12(14)17-13(16-10)9-5-7-2-3-8(9)4-7/h7-9H,2-6H2,1H3. The fourth-order valence-corrected chi connectivity index (χ4v) is 4.03. The largest absolute Gasteiger partial charge is 0.378 e. The molecule has 2 fully saturated rings. The average Bonchev–Trinajstić information content (AvgIpc) is 2.97. The second kappa shape index (κ2) is 5.21. The molecule has 0 aromatic carbocycles. The van der Waals surface area contributed by atoms with Crippen molar-refractivity contribution in [2.24, 2.45) is 11.8 Å². The maximum Gasteiger partial charge on any atom is 0.146 e. The number of halogens is 2. The third-order valence-corrected chi connectivity index (χ3v) is 5.97. The first-order chi connectivity index (χ1) is 8.69. The van der Waals surface area contributed by atoms with Crippen molar-refractivity contribution in [1.82, 2.24) is 9.97 Å². The molecule has 0 saturated heterocycles. The van der Waals surface area contributed by atoms with Gasteiger partial charge in [0, 0.05) is 13.0 Å². The van der Waals surface area contributed by atoms with Crippen LogP contribution in [-0.2, 0) is 11.3 Å². The number of ether oxygens (including phenoxy) is 1. The highest BCUT2D eigenvalue weighted by molar-refractivity contribution is 14.1. The Labute approximate surface area is 126 Å². The molecule has 1 aromatic rings. The van der Waals surface area contributed by atoms with Crippen molar-refractivity contribution in [3.63, 3.8) is 0 Å². The van der Waals surface area contributed by atoms with Gasteiger partial charge in [-0.05, 0) is 53.7 Å². The van der Waals surface area contributed by atoms with E-state index in [0.717, 1.165) is 26.9 Å². The molecule has 0 radical (unpaired) electrons. The minimum Gasteiger partial charge on any atom is -0.378 e. The molecule has 2 saturated carbocycles. The van der Waals surface area contributed by atoms with Crippen LogP contribution in [0.4, 0.5) is 0 Å². The van der Waals surface area contributed by atoms with E-state index in [1.807, 2.05) is 0 Å². The molecular weight excluding hydrogens is 363 g/mol. The summed E-state index contributed by atoms with van der Waals surface area (Å²) in [7, 11) is 1.68. The first-order valence-electron chi connectivity index (χ1n) is 6.39. The Morgan fingerprint density at radius 3 is 2.78 bits per heavy atom. The highest BCUT2D eigenvalue weighted by Gasteiger charge is 2.41. The lowest BCUT2D eigenvalue weighted by molar-refractivity contribution is 0.180. The number of fused-ring (bicyclic) bond motifs is 2. The molecule has 5 heteroatoms. The molecular formula is C13H16ClIN2O. The van der Waals surface area contributed by atoms with Gasteiger partial charge in [-0.1, -0.05) is 18.0 Å². The number of hydrogen-bond acceptors (Lipinski definition) is 3. The van der Waals surface area contributed by atoms with Gasteiger partial charge in [0.2, 0.25) is 0 Å². The third-order valence-electron chi connectivity index (χ3n) is 4.25. The van der Waals surface area contributed by atoms with E-state index < -0.39 is 0 Å². The summed E-state index contributed by atoms with van der Waals surface area (Å²) < 4.78 is 6.11. The van der Waals surface area contributed by atoms with Crippen molar-refractivity contribution < 1.29 is 4.74 Å². The zero-order chi connectivity index (χ0) is 12.7. The van der Waals surface area contributed by atoms with Crippen molar-refractivity contribution in [2.45, 2.75) is 38.2 Å². The van der Waals surface area contributed by atoms with E-state index in [1.165, 1.54) is 25.7 Å². The van der Waals surface area contributed by atoms with Crippen molar-refractivity contribution in [3.05, 3.63) is 20.2 Å². The van der Waals surface area contributed by atoms with E-state index in [9.17, 15) is 0 Å². The van der Waals surface area contributed by atoms with Crippen LogP contribution < -0.4 is 0 Å². The Bertz CT molecular complexity index is 469. The second-order valence-electron chi connectivity index (χ2n) is 5.35. The second-order valence-corrected chi connectivity index (χ2v) is 6.78. The quantitative estimate of drug-likeness (QED) is 0.593. The van der Waals surface area contributed by atoms with E-state index in [1.54, 1.807) is 7.11 Å². The van der Waals surface area contributed by atoms with Gasteiger partial charge in [-0.3, -0.25) is 0 Å². The molecule has 18 heavy (non-hydrogen) atoms. The van der Waals surface area contributed by atoms with Gasteiger partial charge in [-0.25, -0.2) is 9.97 Å². The summed E-state index contributed by atoms with van der Waals surface area (Å²) in [6.07, 6.45) is 5.33. The smallest absolute Gasteiger partial charge is 0.146 e. The van der Waals surface area contributed by atoms with Crippen LogP contribution in [0.1, 0.15) is 43.1 Å². The van der Waals surface area contributed by atoms with E-state index in [-0.39, 0.29) is 0 Å². The molecule has 1 aromatic heterocycles. The maximum atomic E-state index is 6.22. The van der Waals surface area contributed by atoms with Crippen LogP contribution in [-0.4, -0.2) is 17.1 Å². The molecule has 2 aliphatic carbocycles. The first-order valence-corrected chi connectivity index (χ1v) is 7.85. The van der Waals surface area contributed by atoms with Crippen molar-refractivity contribution in [3.8, 4) is 0 Å². The average molecular weight is 379 g/mol. The van der Waals surface area contributed by atoms with Crippen molar-refractivity contribution in [2.75, 3.05) is 7.11 Å². The van der Waals surface area contributed by atoms with Crippen LogP contribution in [0.3, 0.4) is 0 Å². The zero-order valence-corrected chi connectivity index (χ0v) is 13.2. The number of hydrogen-bond donors (Lipinski definition) is 0. The predicted octanol–water partition coefficient (Wildman–Crippen LogP) is 3.78. The molecule has 2 aliphatic rings. The summed E-state index contributed by atoms with van der Waals surface area (Å²) >= 11 is 8.42. The van der Waals surface area contributed by atoms with Crippen molar-refractivity contribution >= 4 is 34.2 Å². The van der Waals surface area contributed by atoms with E-state index in [2.05, 4.69) is 27.6 Å². The van der Waals surface area contributed by atoms with Gasteiger partial charge in [0.25, 0.3) is 0 Å². The van der Waals surface area contributed by atoms with E-state index >= 15 is 0 Å². The Morgan fingerprint density at radius 1 is 1.33 bits per heavy atom. The minimum atomic E-state index is 0.508. The first kappa shape index (κ1) is 13.1. The molecule has 3 nitrogen and oxygen atoms in total. The molecule has 0 amide bonds. The molecule has 0 aliphatic heterocycles. The highest BCUT2D eigenvalue weighted by atomic mass is 127. The lowest BCUT2D eigenvalue weighted by Gasteiger charge is -2.21. The summed E-state index contributed by atoms with van der Waals surface area (Å²) in [6.45, 7) is 0.508. The summed E-state index contributed by atoms with van der Waals surface area (Å²) in [5.41, 5.74) is 0.927. The fourth-order valence-electron chi connectivity index (χ4n) is 3.44. The molecule has 0 spiro atoms. The molecule has 98 valence electrons. The lowest BCUT2D eigenvalue weighted by Crippen LogP contribution is -2.14. The van der Waals surface area contributed by atoms with Crippen LogP contribution in [0.25, 0.3) is 0 Å². The monoisotopic (exact) mass is 378 g/mol. The lowest BCUT2D eigenvalue weighted by atomic mass is 9.88. The fraction of sp³-hybridized carbons (Fsp3) is 0.692. The van der Waals surface area contributed by atoms with Gasteiger partial charge in [-0.15, -0.1) is 0 Å². The van der Waals surface area contributed by atoms with Gasteiger partial charge in [0.1, 0.15) is 11.0 Å². The zero-order valence-electron chi connectivity index (χ0n) is 10.3. The highest BCUT2D eigenvalue weighted by Crippen LogP contribution is 2.52. The van der Waals surface area contributed by atoms with Crippen molar-refractivity contribution in [1.29, 1.82) is 0 Å².